The molecular formula is C16H22ClN. The van der Waals surface area contributed by atoms with E-state index in [1.54, 1.807) is 0 Å². The van der Waals surface area contributed by atoms with Gasteiger partial charge in [-0.2, -0.15) is 0 Å². The van der Waals surface area contributed by atoms with Gasteiger partial charge >= 0.3 is 0 Å². The summed E-state index contributed by atoms with van der Waals surface area (Å²) in [7, 11) is 0. The number of nitrogens with one attached hydrogen (secondary N) is 1. The third kappa shape index (κ3) is 2.44. The lowest BCUT2D eigenvalue weighted by atomic mass is 9.84. The molecule has 2 aliphatic carbocycles. The average Bonchev–Trinajstić information content (AvgIpc) is 2.99. The van der Waals surface area contributed by atoms with Gasteiger partial charge < -0.3 is 5.32 Å². The first-order valence-electron chi connectivity index (χ1n) is 7.21. The molecule has 2 saturated carbocycles. The van der Waals surface area contributed by atoms with Gasteiger partial charge in [-0.15, -0.1) is 0 Å². The highest BCUT2D eigenvalue weighted by atomic mass is 35.5. The summed E-state index contributed by atoms with van der Waals surface area (Å²) in [6.07, 6.45) is 5.88. The smallest absolute Gasteiger partial charge is 0.0450 e. The number of fused-ring (bicyclic) bond motifs is 2. The van der Waals surface area contributed by atoms with E-state index in [0.29, 0.717) is 6.04 Å². The first kappa shape index (κ1) is 12.5. The van der Waals surface area contributed by atoms with Gasteiger partial charge in [-0.25, -0.2) is 0 Å². The van der Waals surface area contributed by atoms with Crippen molar-refractivity contribution < 1.29 is 0 Å². The van der Waals surface area contributed by atoms with E-state index in [1.165, 1.54) is 31.2 Å². The highest BCUT2D eigenvalue weighted by molar-refractivity contribution is 6.31. The lowest BCUT2D eigenvalue weighted by Crippen LogP contribution is -2.35. The summed E-state index contributed by atoms with van der Waals surface area (Å²) in [5.74, 6) is 2.92. The fraction of sp³-hybridized carbons (Fsp3) is 0.625. The van der Waals surface area contributed by atoms with Gasteiger partial charge in [0.2, 0.25) is 0 Å². The molecule has 2 aliphatic rings. The zero-order chi connectivity index (χ0) is 12.5. The number of halogens is 1. The molecular weight excluding hydrogens is 242 g/mol. The third-order valence-corrected chi connectivity index (χ3v) is 5.38. The van der Waals surface area contributed by atoms with Gasteiger partial charge in [0.05, 0.1) is 0 Å². The molecule has 0 unspecified atom stereocenters. The van der Waals surface area contributed by atoms with E-state index in [2.05, 4.69) is 24.4 Å². The maximum absolute atomic E-state index is 6.19. The minimum atomic E-state index is 0.622. The Morgan fingerprint density at radius 1 is 1.28 bits per heavy atom. The molecule has 2 fully saturated rings. The Bertz CT molecular complexity index is 417. The average molecular weight is 264 g/mol. The second-order valence-electron chi connectivity index (χ2n) is 6.10. The van der Waals surface area contributed by atoms with Crippen LogP contribution in [0.5, 0.6) is 0 Å². The van der Waals surface area contributed by atoms with Gasteiger partial charge in [-0.1, -0.05) is 36.2 Å². The van der Waals surface area contributed by atoms with Crippen LogP contribution >= 0.6 is 11.6 Å². The van der Waals surface area contributed by atoms with Gasteiger partial charge in [0, 0.05) is 17.6 Å². The largest absolute Gasteiger partial charge is 0.310 e. The van der Waals surface area contributed by atoms with Crippen LogP contribution < -0.4 is 5.32 Å². The molecule has 1 nitrogen and oxygen atoms in total. The van der Waals surface area contributed by atoms with Crippen molar-refractivity contribution in [2.75, 3.05) is 0 Å². The molecule has 0 amide bonds. The van der Waals surface area contributed by atoms with E-state index in [4.69, 9.17) is 11.6 Å². The Morgan fingerprint density at radius 2 is 2.11 bits per heavy atom. The highest BCUT2D eigenvalue weighted by Gasteiger charge is 2.41. The summed E-state index contributed by atoms with van der Waals surface area (Å²) < 4.78 is 0. The van der Waals surface area contributed by atoms with E-state index in [-0.39, 0.29) is 0 Å². The van der Waals surface area contributed by atoms with E-state index in [9.17, 15) is 0 Å². The molecule has 0 aromatic heterocycles. The summed E-state index contributed by atoms with van der Waals surface area (Å²) in [5.41, 5.74) is 1.22. The Labute approximate surface area is 115 Å². The van der Waals surface area contributed by atoms with E-state index < -0.39 is 0 Å². The zero-order valence-corrected chi connectivity index (χ0v) is 11.8. The van der Waals surface area contributed by atoms with E-state index >= 15 is 0 Å². The number of hydrogen-bond acceptors (Lipinski definition) is 1. The molecule has 98 valence electrons. The van der Waals surface area contributed by atoms with Crippen molar-refractivity contribution in [3.05, 3.63) is 34.9 Å². The molecule has 1 aromatic carbocycles. The van der Waals surface area contributed by atoms with Gasteiger partial charge in [0.25, 0.3) is 0 Å². The lowest BCUT2D eigenvalue weighted by Gasteiger charge is -2.28. The maximum Gasteiger partial charge on any atom is 0.0450 e. The maximum atomic E-state index is 6.19. The molecule has 18 heavy (non-hydrogen) atoms. The number of rotatable bonds is 4. The SMILES string of the molecule is C[C@@H](NCc1ccccc1Cl)[C@@H]1C[C@H]2CC[C@H]1C2. The van der Waals surface area contributed by atoms with Crippen molar-refractivity contribution in [1.29, 1.82) is 0 Å². The van der Waals surface area contributed by atoms with E-state index in [1.807, 2.05) is 12.1 Å². The molecule has 0 radical (unpaired) electrons. The van der Waals surface area contributed by atoms with Gasteiger partial charge in [0.1, 0.15) is 0 Å². The first-order chi connectivity index (χ1) is 8.74. The summed E-state index contributed by atoms with van der Waals surface area (Å²) in [4.78, 5) is 0. The number of benzene rings is 1. The Hall–Kier alpha value is -0.530. The molecule has 4 atom stereocenters. The molecule has 2 heteroatoms. The van der Waals surface area contributed by atoms with Crippen LogP contribution in [0.25, 0.3) is 0 Å². The minimum absolute atomic E-state index is 0.622. The summed E-state index contributed by atoms with van der Waals surface area (Å²) >= 11 is 6.19. The van der Waals surface area contributed by atoms with Crippen LogP contribution in [0.4, 0.5) is 0 Å². The van der Waals surface area contributed by atoms with Crippen molar-refractivity contribution in [2.45, 2.75) is 45.2 Å². The normalized spacial score (nSPS) is 31.8. The standard InChI is InChI=1S/C16H22ClN/c1-11(15-9-12-6-7-13(15)8-12)18-10-14-4-2-3-5-16(14)17/h2-5,11-13,15,18H,6-10H2,1H3/t11-,12+,13+,15+/m1/s1. The minimum Gasteiger partial charge on any atom is -0.310 e. The first-order valence-corrected chi connectivity index (χ1v) is 7.58. The van der Waals surface area contributed by atoms with Crippen LogP contribution in [0.1, 0.15) is 38.2 Å². The second-order valence-corrected chi connectivity index (χ2v) is 6.51. The molecule has 0 saturated heterocycles. The molecule has 0 aliphatic heterocycles. The Morgan fingerprint density at radius 3 is 2.78 bits per heavy atom. The van der Waals surface area contributed by atoms with Crippen molar-refractivity contribution >= 4 is 11.6 Å². The summed E-state index contributed by atoms with van der Waals surface area (Å²) in [6, 6.07) is 8.76. The molecule has 0 heterocycles. The molecule has 0 spiro atoms. The third-order valence-electron chi connectivity index (χ3n) is 5.01. The molecule has 1 aromatic rings. The predicted octanol–water partition coefficient (Wildman–Crippen LogP) is 4.25. The molecule has 2 bridgehead atoms. The van der Waals surface area contributed by atoms with Crippen molar-refractivity contribution in [3.63, 3.8) is 0 Å². The quantitative estimate of drug-likeness (QED) is 0.856. The fourth-order valence-electron chi connectivity index (χ4n) is 3.97. The van der Waals surface area contributed by atoms with Crippen LogP contribution in [-0.4, -0.2) is 6.04 Å². The topological polar surface area (TPSA) is 12.0 Å². The second kappa shape index (κ2) is 5.22. The van der Waals surface area contributed by atoms with E-state index in [0.717, 1.165) is 29.3 Å². The van der Waals surface area contributed by atoms with Crippen LogP contribution in [0.3, 0.4) is 0 Å². The van der Waals surface area contributed by atoms with Crippen molar-refractivity contribution in [2.24, 2.45) is 17.8 Å². The van der Waals surface area contributed by atoms with Crippen molar-refractivity contribution in [3.8, 4) is 0 Å². The summed E-state index contributed by atoms with van der Waals surface area (Å²) in [6.45, 7) is 3.25. The van der Waals surface area contributed by atoms with Crippen LogP contribution in [0.15, 0.2) is 24.3 Å². The molecule has 1 N–H and O–H groups in total. The Balaban J connectivity index is 1.56. The zero-order valence-electron chi connectivity index (χ0n) is 11.0. The summed E-state index contributed by atoms with van der Waals surface area (Å²) in [5, 5.41) is 4.56. The van der Waals surface area contributed by atoms with Crippen LogP contribution in [0, 0.1) is 17.8 Å². The van der Waals surface area contributed by atoms with Crippen molar-refractivity contribution in [1.82, 2.24) is 5.32 Å². The predicted molar refractivity (Wildman–Crippen MR) is 76.7 cm³/mol. The van der Waals surface area contributed by atoms with Gasteiger partial charge in [-0.05, 0) is 55.6 Å². The van der Waals surface area contributed by atoms with Gasteiger partial charge in [-0.3, -0.25) is 0 Å². The lowest BCUT2D eigenvalue weighted by molar-refractivity contribution is 0.259. The highest BCUT2D eigenvalue weighted by Crippen LogP contribution is 2.49. The Kier molecular flexibility index (Phi) is 3.63. The number of hydrogen-bond donors (Lipinski definition) is 1. The van der Waals surface area contributed by atoms with Crippen LogP contribution in [0.2, 0.25) is 5.02 Å². The van der Waals surface area contributed by atoms with Crippen LogP contribution in [-0.2, 0) is 6.54 Å². The monoisotopic (exact) mass is 263 g/mol. The fourth-order valence-corrected chi connectivity index (χ4v) is 4.17. The van der Waals surface area contributed by atoms with Gasteiger partial charge in [0.15, 0.2) is 0 Å². The molecule has 3 rings (SSSR count).